The molecular weight excluding hydrogens is 244 g/mol. The lowest BCUT2D eigenvalue weighted by atomic mass is 10.2. The van der Waals surface area contributed by atoms with E-state index in [4.69, 9.17) is 34.8 Å². The fourth-order valence-electron chi connectivity index (χ4n) is 0.974. The highest BCUT2D eigenvalue weighted by atomic mass is 35.5. The van der Waals surface area contributed by atoms with Crippen molar-refractivity contribution in [3.63, 3.8) is 0 Å². The monoisotopic (exact) mass is 251 g/mol. The van der Waals surface area contributed by atoms with Crippen molar-refractivity contribution >= 4 is 40.2 Å². The lowest BCUT2D eigenvalue weighted by Gasteiger charge is -2.13. The number of hydrogen-bond donors (Lipinski definition) is 0. The van der Waals surface area contributed by atoms with E-state index in [-0.39, 0.29) is 0 Å². The van der Waals surface area contributed by atoms with Crippen molar-refractivity contribution in [3.05, 3.63) is 33.8 Å². The quantitative estimate of drug-likeness (QED) is 0.579. The molecular formula is C9H8Cl3NO. The van der Waals surface area contributed by atoms with Crippen LogP contribution in [0.15, 0.2) is 18.2 Å². The molecule has 0 saturated heterocycles. The molecule has 0 aliphatic heterocycles. The molecule has 2 nitrogen and oxygen atoms in total. The standard InChI is InChI=1S/C9H8Cl3NO/c1-13(9(12)14)5-6-2-3-7(10)8(11)4-6/h2-4H,5H2,1H3. The normalized spacial score (nSPS) is 10.0. The van der Waals surface area contributed by atoms with Crippen molar-refractivity contribution in [2.75, 3.05) is 7.05 Å². The molecule has 0 unspecified atom stereocenters. The van der Waals surface area contributed by atoms with Gasteiger partial charge >= 0.3 is 5.37 Å². The van der Waals surface area contributed by atoms with Crippen molar-refractivity contribution in [1.82, 2.24) is 4.90 Å². The van der Waals surface area contributed by atoms with Crippen LogP contribution in [0.4, 0.5) is 4.79 Å². The third-order valence-corrected chi connectivity index (χ3v) is 2.73. The number of nitrogens with zero attached hydrogens (tertiary/aromatic N) is 1. The van der Waals surface area contributed by atoms with Gasteiger partial charge in [-0.1, -0.05) is 29.3 Å². The van der Waals surface area contributed by atoms with E-state index < -0.39 is 5.37 Å². The smallest absolute Gasteiger partial charge is 0.316 e. The van der Waals surface area contributed by atoms with E-state index in [0.717, 1.165) is 5.56 Å². The Hall–Kier alpha value is -0.440. The number of rotatable bonds is 2. The van der Waals surface area contributed by atoms with Gasteiger partial charge in [0.15, 0.2) is 0 Å². The van der Waals surface area contributed by atoms with Gasteiger partial charge in [0.2, 0.25) is 0 Å². The number of hydrogen-bond acceptors (Lipinski definition) is 1. The molecule has 76 valence electrons. The van der Waals surface area contributed by atoms with Crippen LogP contribution in [0.2, 0.25) is 10.0 Å². The summed E-state index contributed by atoms with van der Waals surface area (Å²) in [5.74, 6) is 0. The van der Waals surface area contributed by atoms with Crippen molar-refractivity contribution in [3.8, 4) is 0 Å². The lowest BCUT2D eigenvalue weighted by Crippen LogP contribution is -2.19. The maximum atomic E-state index is 10.7. The molecule has 0 bridgehead atoms. The first-order valence-corrected chi connectivity index (χ1v) is 4.98. The largest absolute Gasteiger partial charge is 0.328 e. The summed E-state index contributed by atoms with van der Waals surface area (Å²) in [5.41, 5.74) is 0.885. The summed E-state index contributed by atoms with van der Waals surface area (Å²) in [6, 6.07) is 5.19. The number of carbonyl (C=O) groups is 1. The molecule has 1 rings (SSSR count). The Morgan fingerprint density at radius 1 is 1.36 bits per heavy atom. The number of benzene rings is 1. The minimum atomic E-state index is -0.504. The van der Waals surface area contributed by atoms with Gasteiger partial charge in [0.1, 0.15) is 0 Å². The summed E-state index contributed by atoms with van der Waals surface area (Å²) >= 11 is 16.8. The van der Waals surface area contributed by atoms with Gasteiger partial charge in [0.05, 0.1) is 10.0 Å². The topological polar surface area (TPSA) is 20.3 Å². The van der Waals surface area contributed by atoms with Crippen molar-refractivity contribution < 1.29 is 4.79 Å². The summed E-state index contributed by atoms with van der Waals surface area (Å²) in [4.78, 5) is 12.1. The second kappa shape index (κ2) is 4.87. The zero-order chi connectivity index (χ0) is 10.7. The number of carbonyl (C=O) groups excluding carboxylic acids is 1. The average molecular weight is 253 g/mol. The molecule has 1 aromatic rings. The summed E-state index contributed by atoms with van der Waals surface area (Å²) in [6.07, 6.45) is 0. The van der Waals surface area contributed by atoms with E-state index in [1.54, 1.807) is 25.2 Å². The first kappa shape index (κ1) is 11.6. The molecule has 5 heteroatoms. The van der Waals surface area contributed by atoms with Crippen LogP contribution in [-0.4, -0.2) is 17.3 Å². The summed E-state index contributed by atoms with van der Waals surface area (Å²) in [6.45, 7) is 0.416. The van der Waals surface area contributed by atoms with Crippen LogP contribution in [0.5, 0.6) is 0 Å². The summed E-state index contributed by atoms with van der Waals surface area (Å²) in [5, 5.41) is 0.464. The third-order valence-electron chi connectivity index (χ3n) is 1.70. The van der Waals surface area contributed by atoms with Crippen LogP contribution >= 0.6 is 34.8 Å². The molecule has 0 radical (unpaired) electrons. The second-order valence-electron chi connectivity index (χ2n) is 2.86. The lowest BCUT2D eigenvalue weighted by molar-refractivity contribution is 0.230. The van der Waals surface area contributed by atoms with Crippen molar-refractivity contribution in [2.24, 2.45) is 0 Å². The van der Waals surface area contributed by atoms with Crippen molar-refractivity contribution in [2.45, 2.75) is 6.54 Å². The predicted molar refractivity (Wildman–Crippen MR) is 59.2 cm³/mol. The molecule has 0 atom stereocenters. The summed E-state index contributed by atoms with van der Waals surface area (Å²) in [7, 11) is 1.61. The number of amides is 1. The molecule has 14 heavy (non-hydrogen) atoms. The minimum Gasteiger partial charge on any atom is -0.328 e. The van der Waals surface area contributed by atoms with Crippen molar-refractivity contribution in [1.29, 1.82) is 0 Å². The van der Waals surface area contributed by atoms with E-state index in [1.165, 1.54) is 4.90 Å². The minimum absolute atomic E-state index is 0.416. The molecule has 0 fully saturated rings. The van der Waals surface area contributed by atoms with Crippen LogP contribution < -0.4 is 0 Å². The molecule has 0 aliphatic carbocycles. The van der Waals surface area contributed by atoms with E-state index in [1.807, 2.05) is 0 Å². The van der Waals surface area contributed by atoms with Gasteiger partial charge in [0.25, 0.3) is 0 Å². The molecule has 0 heterocycles. The second-order valence-corrected chi connectivity index (χ2v) is 4.00. The fraction of sp³-hybridized carbons (Fsp3) is 0.222. The van der Waals surface area contributed by atoms with Gasteiger partial charge in [0, 0.05) is 13.6 Å². The van der Waals surface area contributed by atoms with E-state index in [2.05, 4.69) is 0 Å². The Bertz CT molecular complexity index is 354. The zero-order valence-electron chi connectivity index (χ0n) is 7.43. The summed E-state index contributed by atoms with van der Waals surface area (Å²) < 4.78 is 0. The van der Waals surface area contributed by atoms with E-state index in [0.29, 0.717) is 16.6 Å². The molecule has 0 aromatic heterocycles. The molecule has 0 aliphatic rings. The third kappa shape index (κ3) is 3.05. The first-order chi connectivity index (χ1) is 6.50. The highest BCUT2D eigenvalue weighted by molar-refractivity contribution is 6.62. The van der Waals surface area contributed by atoms with Crippen LogP contribution in [0.1, 0.15) is 5.56 Å². The Balaban J connectivity index is 2.78. The maximum Gasteiger partial charge on any atom is 0.316 e. The molecule has 0 spiro atoms. The molecule has 1 amide bonds. The number of halogens is 3. The van der Waals surface area contributed by atoms with Crippen LogP contribution in [0.25, 0.3) is 0 Å². The van der Waals surface area contributed by atoms with Gasteiger partial charge in [-0.05, 0) is 29.3 Å². The molecule has 0 saturated carbocycles. The zero-order valence-corrected chi connectivity index (χ0v) is 9.70. The SMILES string of the molecule is CN(Cc1ccc(Cl)c(Cl)c1)C(=O)Cl. The average Bonchev–Trinajstić information content (AvgIpc) is 2.11. The van der Waals surface area contributed by atoms with Gasteiger partial charge < -0.3 is 4.90 Å². The highest BCUT2D eigenvalue weighted by Crippen LogP contribution is 2.23. The maximum absolute atomic E-state index is 10.7. The van der Waals surface area contributed by atoms with E-state index >= 15 is 0 Å². The Morgan fingerprint density at radius 3 is 2.50 bits per heavy atom. The fourth-order valence-corrected chi connectivity index (χ4v) is 1.35. The predicted octanol–water partition coefficient (Wildman–Crippen LogP) is 3.78. The van der Waals surface area contributed by atoms with Crippen LogP contribution in [-0.2, 0) is 6.54 Å². The molecule has 1 aromatic carbocycles. The van der Waals surface area contributed by atoms with Gasteiger partial charge in [-0.2, -0.15) is 0 Å². The van der Waals surface area contributed by atoms with E-state index in [9.17, 15) is 4.79 Å². The Labute approximate surface area is 97.4 Å². The molecule has 0 N–H and O–H groups in total. The van der Waals surface area contributed by atoms with Crippen LogP contribution in [0.3, 0.4) is 0 Å². The Morgan fingerprint density at radius 2 is 2.00 bits per heavy atom. The first-order valence-electron chi connectivity index (χ1n) is 3.85. The van der Waals surface area contributed by atoms with Gasteiger partial charge in [-0.3, -0.25) is 4.79 Å². The van der Waals surface area contributed by atoms with Crippen LogP contribution in [0, 0.1) is 0 Å². The highest BCUT2D eigenvalue weighted by Gasteiger charge is 2.06. The van der Waals surface area contributed by atoms with Gasteiger partial charge in [-0.25, -0.2) is 0 Å². The Kier molecular flexibility index (Phi) is 4.05. The van der Waals surface area contributed by atoms with Gasteiger partial charge in [-0.15, -0.1) is 0 Å².